The van der Waals surface area contributed by atoms with E-state index in [2.05, 4.69) is 35.0 Å². The molecule has 2 bridgehead atoms. The standard InChI is InChI=1S/C32H46FN5O5Si/c1-42-27-15-23(24(33)18-34-27)26-16-25(36-38(26)21-43-13-14-44(2,3)4)29(40)37-12-5-22(17-31(37)8-9-31)28(39)35-20-30-6-10-32(41,19-30)11-7-30/h15-16,18,22,41H,5-14,17,19-21H2,1-4H3,(H,35,39). The zero-order valence-corrected chi connectivity index (χ0v) is 27.5. The van der Waals surface area contributed by atoms with E-state index in [4.69, 9.17) is 9.47 Å². The summed E-state index contributed by atoms with van der Waals surface area (Å²) in [5, 5.41) is 18.4. The highest BCUT2D eigenvalue weighted by Gasteiger charge is 2.56. The monoisotopic (exact) mass is 627 g/mol. The molecule has 2 N–H and O–H groups in total. The van der Waals surface area contributed by atoms with Crippen LogP contribution < -0.4 is 10.1 Å². The number of nitrogens with zero attached hydrogens (tertiary/aromatic N) is 4. The number of rotatable bonds is 11. The van der Waals surface area contributed by atoms with Gasteiger partial charge in [0.25, 0.3) is 5.91 Å². The number of nitrogens with one attached hydrogen (secondary N) is 1. The third-order valence-corrected chi connectivity index (χ3v) is 12.2. The van der Waals surface area contributed by atoms with Gasteiger partial charge in [-0.15, -0.1) is 0 Å². The topological polar surface area (TPSA) is 119 Å². The largest absolute Gasteiger partial charge is 0.481 e. The molecular formula is C32H46FN5O5Si. The highest BCUT2D eigenvalue weighted by Crippen LogP contribution is 2.56. The van der Waals surface area contributed by atoms with Crippen molar-refractivity contribution in [3.8, 4) is 17.1 Å². The lowest BCUT2D eigenvalue weighted by atomic mass is 9.83. The van der Waals surface area contributed by atoms with Crippen molar-refractivity contribution in [1.29, 1.82) is 0 Å². The van der Waals surface area contributed by atoms with Crippen molar-refractivity contribution < 1.29 is 28.6 Å². The Morgan fingerprint density at radius 1 is 1.16 bits per heavy atom. The molecule has 2 aromatic rings. The molecule has 3 saturated carbocycles. The van der Waals surface area contributed by atoms with Crippen LogP contribution in [0.25, 0.3) is 11.3 Å². The second kappa shape index (κ2) is 11.5. The number of pyridine rings is 1. The molecule has 240 valence electrons. The van der Waals surface area contributed by atoms with Crippen LogP contribution in [-0.4, -0.2) is 82.6 Å². The van der Waals surface area contributed by atoms with Crippen LogP contribution in [0.2, 0.25) is 25.7 Å². The van der Waals surface area contributed by atoms with Crippen molar-refractivity contribution in [1.82, 2.24) is 25.0 Å². The van der Waals surface area contributed by atoms with Crippen LogP contribution in [-0.2, 0) is 16.3 Å². The number of halogens is 1. The zero-order valence-electron chi connectivity index (χ0n) is 26.5. The Morgan fingerprint density at radius 2 is 1.91 bits per heavy atom. The van der Waals surface area contributed by atoms with Crippen molar-refractivity contribution in [2.75, 3.05) is 26.8 Å². The summed E-state index contributed by atoms with van der Waals surface area (Å²) in [6.07, 6.45) is 8.39. The van der Waals surface area contributed by atoms with Crippen LogP contribution in [0.3, 0.4) is 0 Å². The lowest BCUT2D eigenvalue weighted by Crippen LogP contribution is -2.51. The molecule has 10 nitrogen and oxygen atoms in total. The first-order valence-electron chi connectivity index (χ1n) is 16.0. The molecule has 4 fully saturated rings. The number of carbonyl (C=O) groups is 2. The molecule has 3 heterocycles. The highest BCUT2D eigenvalue weighted by molar-refractivity contribution is 6.76. The maximum Gasteiger partial charge on any atom is 0.274 e. The lowest BCUT2D eigenvalue weighted by Gasteiger charge is -2.39. The summed E-state index contributed by atoms with van der Waals surface area (Å²) in [4.78, 5) is 33.1. The van der Waals surface area contributed by atoms with E-state index in [1.807, 2.05) is 4.90 Å². The Morgan fingerprint density at radius 3 is 2.55 bits per heavy atom. The van der Waals surface area contributed by atoms with Gasteiger partial charge in [-0.3, -0.25) is 9.59 Å². The number of ether oxygens (including phenoxy) is 2. The van der Waals surface area contributed by atoms with Gasteiger partial charge in [-0.25, -0.2) is 14.1 Å². The van der Waals surface area contributed by atoms with Crippen LogP contribution in [0.5, 0.6) is 5.88 Å². The van der Waals surface area contributed by atoms with Crippen LogP contribution in [0.1, 0.15) is 68.3 Å². The molecule has 1 aliphatic heterocycles. The van der Waals surface area contributed by atoms with E-state index in [1.54, 1.807) is 10.7 Å². The number of likely N-dealkylation sites (tertiary alicyclic amines) is 1. The summed E-state index contributed by atoms with van der Waals surface area (Å²) >= 11 is 0. The lowest BCUT2D eigenvalue weighted by molar-refractivity contribution is -0.127. The SMILES string of the molecule is COc1cc(-c2cc(C(=O)N3CCC(C(=O)NCC45CCC(O)(CC4)C5)CC34CC4)nn2COCC[Si](C)(C)C)c(F)cn1. The van der Waals surface area contributed by atoms with Gasteiger partial charge in [-0.2, -0.15) is 5.10 Å². The number of carbonyl (C=O) groups excluding carboxylic acids is 2. The maximum atomic E-state index is 15.0. The van der Waals surface area contributed by atoms with Crippen molar-refractivity contribution in [2.45, 2.75) is 101 Å². The second-order valence-corrected chi connectivity index (χ2v) is 20.6. The molecule has 44 heavy (non-hydrogen) atoms. The normalized spacial score (nSPS) is 27.1. The van der Waals surface area contributed by atoms with Crippen LogP contribution in [0.4, 0.5) is 4.39 Å². The number of fused-ring (bicyclic) bond motifs is 2. The molecule has 2 amide bonds. The molecule has 12 heteroatoms. The summed E-state index contributed by atoms with van der Waals surface area (Å²) in [6.45, 7) is 8.55. The van der Waals surface area contributed by atoms with Gasteiger partial charge in [0, 0.05) is 50.9 Å². The van der Waals surface area contributed by atoms with Gasteiger partial charge < -0.3 is 24.8 Å². The quantitative estimate of drug-likeness (QED) is 0.276. The first-order valence-corrected chi connectivity index (χ1v) is 19.7. The average Bonchev–Trinajstić information content (AvgIpc) is 3.33. The van der Waals surface area contributed by atoms with Gasteiger partial charge >= 0.3 is 0 Å². The number of methoxy groups -OCH3 is 1. The number of aromatic nitrogens is 3. The van der Waals surface area contributed by atoms with Crippen LogP contribution in [0, 0.1) is 17.2 Å². The van der Waals surface area contributed by atoms with Gasteiger partial charge in [0.1, 0.15) is 6.73 Å². The van der Waals surface area contributed by atoms with Gasteiger partial charge in [0.15, 0.2) is 11.5 Å². The number of piperidine rings is 1. The maximum absolute atomic E-state index is 15.0. The van der Waals surface area contributed by atoms with Gasteiger partial charge in [-0.1, -0.05) is 19.6 Å². The van der Waals surface area contributed by atoms with E-state index < -0.39 is 19.5 Å². The van der Waals surface area contributed by atoms with Gasteiger partial charge in [0.2, 0.25) is 11.8 Å². The summed E-state index contributed by atoms with van der Waals surface area (Å²) in [6, 6.07) is 4.10. The molecule has 1 spiro atoms. The Labute approximate surface area is 259 Å². The predicted molar refractivity (Wildman–Crippen MR) is 165 cm³/mol. The number of aliphatic hydroxyl groups is 1. The second-order valence-electron chi connectivity index (χ2n) is 15.0. The Hall–Kier alpha value is -2.83. The van der Waals surface area contributed by atoms with Crippen LogP contribution >= 0.6 is 0 Å². The predicted octanol–water partition coefficient (Wildman–Crippen LogP) is 4.60. The molecule has 6 rings (SSSR count). The fourth-order valence-electron chi connectivity index (χ4n) is 7.54. The Bertz CT molecular complexity index is 1410. The first kappa shape index (κ1) is 31.2. The first-order chi connectivity index (χ1) is 20.8. The summed E-state index contributed by atoms with van der Waals surface area (Å²) in [5.41, 5.74) is 0.0361. The van der Waals surface area contributed by atoms with Crippen molar-refractivity contribution in [3.63, 3.8) is 0 Å². The minimum atomic E-state index is -1.31. The zero-order chi connectivity index (χ0) is 31.3. The highest BCUT2D eigenvalue weighted by atomic mass is 28.3. The minimum absolute atomic E-state index is 0.0333. The molecule has 1 atom stereocenters. The average molecular weight is 628 g/mol. The van der Waals surface area contributed by atoms with E-state index in [0.717, 1.165) is 57.2 Å². The van der Waals surface area contributed by atoms with Crippen molar-refractivity contribution in [2.24, 2.45) is 11.3 Å². The molecule has 1 unspecified atom stereocenters. The molecule has 0 aromatic carbocycles. The number of amides is 2. The molecule has 1 saturated heterocycles. The molecule has 0 radical (unpaired) electrons. The molecule has 3 aliphatic carbocycles. The van der Waals surface area contributed by atoms with Crippen molar-refractivity contribution >= 4 is 19.9 Å². The van der Waals surface area contributed by atoms with E-state index >= 15 is 4.39 Å². The molecule has 4 aliphatic rings. The Kier molecular flexibility index (Phi) is 8.15. The summed E-state index contributed by atoms with van der Waals surface area (Å²) in [7, 11) is 0.159. The minimum Gasteiger partial charge on any atom is -0.481 e. The van der Waals surface area contributed by atoms with E-state index in [0.29, 0.717) is 38.2 Å². The smallest absolute Gasteiger partial charge is 0.274 e. The van der Waals surface area contributed by atoms with Crippen molar-refractivity contribution in [3.05, 3.63) is 29.8 Å². The van der Waals surface area contributed by atoms with Gasteiger partial charge in [0.05, 0.1) is 24.6 Å². The third kappa shape index (κ3) is 6.30. The summed E-state index contributed by atoms with van der Waals surface area (Å²) in [5.74, 6) is -0.580. The third-order valence-electron chi connectivity index (χ3n) is 10.5. The van der Waals surface area contributed by atoms with Gasteiger partial charge in [-0.05, 0) is 75.3 Å². The summed E-state index contributed by atoms with van der Waals surface area (Å²) < 4.78 is 27.8. The molecular weight excluding hydrogens is 581 g/mol. The molecule has 2 aromatic heterocycles. The fraction of sp³-hybridized carbons (Fsp3) is 0.688. The van der Waals surface area contributed by atoms with E-state index in [9.17, 15) is 14.7 Å². The number of hydrogen-bond acceptors (Lipinski definition) is 7. The van der Waals surface area contributed by atoms with E-state index in [1.165, 1.54) is 13.2 Å². The number of hydrogen-bond donors (Lipinski definition) is 2. The van der Waals surface area contributed by atoms with Crippen LogP contribution in [0.15, 0.2) is 18.3 Å². The van der Waals surface area contributed by atoms with E-state index in [-0.39, 0.29) is 52.6 Å². The fourth-order valence-corrected chi connectivity index (χ4v) is 8.30. The Balaban J connectivity index is 1.15.